The van der Waals surface area contributed by atoms with Crippen LogP contribution in [-0.4, -0.2) is 55.5 Å². The maximum Gasteiger partial charge on any atom is 0.224 e. The van der Waals surface area contributed by atoms with Gasteiger partial charge in [0.1, 0.15) is 5.75 Å². The lowest BCUT2D eigenvalue weighted by Gasteiger charge is -2.28. The smallest absolute Gasteiger partial charge is 0.224 e. The van der Waals surface area contributed by atoms with Gasteiger partial charge in [-0.05, 0) is 49.6 Å². The zero-order valence-electron chi connectivity index (χ0n) is 19.8. The average molecular weight is 475 g/mol. The zero-order chi connectivity index (χ0) is 24.4. The predicted molar refractivity (Wildman–Crippen MR) is 131 cm³/mol. The molecule has 0 radical (unpaired) electrons. The third kappa shape index (κ3) is 4.53. The number of carbonyl (C=O) groups is 1. The van der Waals surface area contributed by atoms with Gasteiger partial charge in [0.15, 0.2) is 5.82 Å². The summed E-state index contributed by atoms with van der Waals surface area (Å²) in [6.45, 7) is 5.76. The van der Waals surface area contributed by atoms with Crippen molar-refractivity contribution >= 4 is 22.4 Å². The molecule has 0 saturated carbocycles. The number of aryl methyl sites for hydroxylation is 2. The minimum Gasteiger partial charge on any atom is -0.493 e. The summed E-state index contributed by atoms with van der Waals surface area (Å²) in [5, 5.41) is 8.46. The molecule has 3 aromatic heterocycles. The molecule has 1 amide bonds. The fourth-order valence-electron chi connectivity index (χ4n) is 4.59. The van der Waals surface area contributed by atoms with E-state index in [0.29, 0.717) is 55.9 Å². The summed E-state index contributed by atoms with van der Waals surface area (Å²) >= 11 is 0. The molecule has 1 aromatic carbocycles. The highest BCUT2D eigenvalue weighted by molar-refractivity contribution is 6.00. The number of nitrogens with zero attached hydrogens (tertiary/aromatic N) is 5. The number of nitrogens with one attached hydrogen (secondary N) is 1. The maximum atomic E-state index is 15.8. The molecule has 5 rings (SSSR count). The Labute approximate surface area is 202 Å². The van der Waals surface area contributed by atoms with Gasteiger partial charge < -0.3 is 14.6 Å². The Balaban J connectivity index is 1.50. The van der Waals surface area contributed by atoms with E-state index in [1.54, 1.807) is 34.4 Å². The van der Waals surface area contributed by atoms with Gasteiger partial charge in [-0.2, -0.15) is 0 Å². The van der Waals surface area contributed by atoms with E-state index in [9.17, 15) is 4.79 Å². The molecule has 0 saturated heterocycles. The van der Waals surface area contributed by atoms with Gasteiger partial charge in [0.05, 0.1) is 24.9 Å². The van der Waals surface area contributed by atoms with Crippen LogP contribution >= 0.6 is 0 Å². The molecule has 1 aliphatic rings. The highest BCUT2D eigenvalue weighted by Gasteiger charge is 2.24. The third-order valence-corrected chi connectivity index (χ3v) is 6.23. The number of benzene rings is 1. The molecule has 0 spiro atoms. The van der Waals surface area contributed by atoms with Crippen LogP contribution in [0.1, 0.15) is 31.0 Å². The number of H-pyrrole nitrogens is 1. The number of halogens is 1. The molecule has 0 atom stereocenters. The first kappa shape index (κ1) is 22.8. The minimum atomic E-state index is -0.318. The molecule has 1 N–H and O–H groups in total. The van der Waals surface area contributed by atoms with Crippen molar-refractivity contribution in [3.63, 3.8) is 0 Å². The highest BCUT2D eigenvalue weighted by Crippen LogP contribution is 2.39. The molecule has 35 heavy (non-hydrogen) atoms. The topological polar surface area (TPSA) is 88.9 Å². The number of fused-ring (bicyclic) bond motifs is 1. The van der Waals surface area contributed by atoms with Crippen LogP contribution in [0.15, 0.2) is 49.1 Å². The number of aromatic nitrogens is 5. The van der Waals surface area contributed by atoms with E-state index in [1.165, 1.54) is 0 Å². The Morgan fingerprint density at radius 1 is 1.23 bits per heavy atom. The summed E-state index contributed by atoms with van der Waals surface area (Å²) < 4.78 is 23.3. The molecule has 8 nitrogen and oxygen atoms in total. The van der Waals surface area contributed by atoms with Crippen LogP contribution in [0.25, 0.3) is 27.6 Å². The van der Waals surface area contributed by atoms with Crippen LogP contribution < -0.4 is 4.74 Å². The van der Waals surface area contributed by atoms with Gasteiger partial charge in [0.2, 0.25) is 5.91 Å². The van der Waals surface area contributed by atoms with E-state index in [-0.39, 0.29) is 11.7 Å². The summed E-state index contributed by atoms with van der Waals surface area (Å²) in [5.74, 6) is 0.388. The summed E-state index contributed by atoms with van der Waals surface area (Å²) in [5.41, 5.74) is 4.22. The Bertz CT molecular complexity index is 1390. The Kier molecular flexibility index (Phi) is 6.31. The fourth-order valence-corrected chi connectivity index (χ4v) is 4.59. The lowest BCUT2D eigenvalue weighted by atomic mass is 9.93. The van der Waals surface area contributed by atoms with Gasteiger partial charge in [-0.3, -0.25) is 14.5 Å². The SMILES string of the molecule is CCOc1ccncc1-c1cc(C2=CCCN(C(=O)CCn3ccnn3)C2)c(F)c2[nH]c(C)cc12. The predicted octanol–water partition coefficient (Wildman–Crippen LogP) is 4.37. The first-order chi connectivity index (χ1) is 17.0. The molecule has 1 aliphatic heterocycles. The van der Waals surface area contributed by atoms with Gasteiger partial charge in [-0.1, -0.05) is 11.3 Å². The van der Waals surface area contributed by atoms with Crippen molar-refractivity contribution in [3.8, 4) is 16.9 Å². The second-order valence-electron chi connectivity index (χ2n) is 8.58. The maximum absolute atomic E-state index is 15.8. The van der Waals surface area contributed by atoms with E-state index < -0.39 is 0 Å². The van der Waals surface area contributed by atoms with Crippen LogP contribution in [0.4, 0.5) is 4.39 Å². The molecular weight excluding hydrogens is 447 g/mol. The molecule has 0 unspecified atom stereocenters. The zero-order valence-corrected chi connectivity index (χ0v) is 19.8. The number of amides is 1. The summed E-state index contributed by atoms with van der Waals surface area (Å²) in [4.78, 5) is 22.1. The van der Waals surface area contributed by atoms with Crippen LogP contribution in [-0.2, 0) is 11.3 Å². The van der Waals surface area contributed by atoms with E-state index in [2.05, 4.69) is 20.3 Å². The Morgan fingerprint density at radius 3 is 2.91 bits per heavy atom. The quantitative estimate of drug-likeness (QED) is 0.430. The fraction of sp³-hybridized carbons (Fsp3) is 0.308. The summed E-state index contributed by atoms with van der Waals surface area (Å²) in [6.07, 6.45) is 9.75. The minimum absolute atomic E-state index is 0.00872. The standard InChI is InChI=1S/C26H27FN6O2/c1-3-35-23-6-8-28-15-22(23)20-14-19(25(27)26-21(20)13-17(2)30-26)18-5-4-10-32(16-18)24(34)7-11-33-12-9-29-31-33/h5-6,8-9,12-15,30H,3-4,7,10-11,16H2,1-2H3. The second-order valence-corrected chi connectivity index (χ2v) is 8.58. The molecule has 9 heteroatoms. The van der Waals surface area contributed by atoms with E-state index in [0.717, 1.165) is 27.8 Å². The number of carbonyl (C=O) groups excluding carboxylic acids is 1. The highest BCUT2D eigenvalue weighted by atomic mass is 19.1. The number of pyridine rings is 1. The van der Waals surface area contributed by atoms with Crippen molar-refractivity contribution in [1.82, 2.24) is 29.9 Å². The lowest BCUT2D eigenvalue weighted by Crippen LogP contribution is -2.36. The van der Waals surface area contributed by atoms with Crippen LogP contribution in [0, 0.1) is 12.7 Å². The van der Waals surface area contributed by atoms with Crippen LogP contribution in [0.5, 0.6) is 5.75 Å². The molecule has 4 heterocycles. The molecular formula is C26H27FN6O2. The first-order valence-electron chi connectivity index (χ1n) is 11.8. The van der Waals surface area contributed by atoms with Crippen LogP contribution in [0.3, 0.4) is 0 Å². The first-order valence-corrected chi connectivity index (χ1v) is 11.8. The average Bonchev–Trinajstić information content (AvgIpc) is 3.53. The number of hydrogen-bond donors (Lipinski definition) is 1. The molecule has 0 fully saturated rings. The van der Waals surface area contributed by atoms with E-state index >= 15 is 4.39 Å². The molecule has 0 bridgehead atoms. The molecule has 0 aliphatic carbocycles. The van der Waals surface area contributed by atoms with Gasteiger partial charge in [-0.15, -0.1) is 5.10 Å². The normalized spacial score (nSPS) is 13.8. The van der Waals surface area contributed by atoms with Crippen molar-refractivity contribution in [1.29, 1.82) is 0 Å². The van der Waals surface area contributed by atoms with Crippen molar-refractivity contribution in [2.45, 2.75) is 33.2 Å². The van der Waals surface area contributed by atoms with Gasteiger partial charge in [-0.25, -0.2) is 4.39 Å². The number of hydrogen-bond acceptors (Lipinski definition) is 5. The number of aromatic amines is 1. The monoisotopic (exact) mass is 474 g/mol. The van der Waals surface area contributed by atoms with Crippen molar-refractivity contribution in [2.75, 3.05) is 19.7 Å². The third-order valence-electron chi connectivity index (χ3n) is 6.23. The van der Waals surface area contributed by atoms with Crippen molar-refractivity contribution in [3.05, 3.63) is 66.1 Å². The summed E-state index contributed by atoms with van der Waals surface area (Å²) in [7, 11) is 0. The summed E-state index contributed by atoms with van der Waals surface area (Å²) in [6, 6.07) is 5.62. The molecule has 4 aromatic rings. The van der Waals surface area contributed by atoms with E-state index in [4.69, 9.17) is 4.74 Å². The van der Waals surface area contributed by atoms with E-state index in [1.807, 2.05) is 38.1 Å². The van der Waals surface area contributed by atoms with Gasteiger partial charge >= 0.3 is 0 Å². The second kappa shape index (κ2) is 9.69. The number of ether oxygens (including phenoxy) is 1. The Morgan fingerprint density at radius 2 is 2.11 bits per heavy atom. The largest absolute Gasteiger partial charge is 0.493 e. The van der Waals surface area contributed by atoms with Crippen LogP contribution in [0.2, 0.25) is 0 Å². The van der Waals surface area contributed by atoms with Crippen molar-refractivity contribution < 1.29 is 13.9 Å². The lowest BCUT2D eigenvalue weighted by molar-refractivity contribution is -0.131. The molecule has 180 valence electrons. The van der Waals surface area contributed by atoms with Gasteiger partial charge in [0.25, 0.3) is 0 Å². The van der Waals surface area contributed by atoms with Gasteiger partial charge in [0, 0.05) is 60.3 Å². The number of rotatable bonds is 7. The Hall–Kier alpha value is -4.01. The van der Waals surface area contributed by atoms with Crippen molar-refractivity contribution in [2.24, 2.45) is 0 Å².